The topological polar surface area (TPSA) is 85.9 Å². The number of piperazine rings is 1. The van der Waals surface area contributed by atoms with E-state index in [9.17, 15) is 9.59 Å². The van der Waals surface area contributed by atoms with E-state index in [-0.39, 0.29) is 30.2 Å². The maximum atomic E-state index is 13.1. The highest BCUT2D eigenvalue weighted by Gasteiger charge is 2.31. The van der Waals surface area contributed by atoms with E-state index < -0.39 is 0 Å². The van der Waals surface area contributed by atoms with Crippen LogP contribution in [-0.4, -0.2) is 69.1 Å². The fraction of sp³-hybridized carbons (Fsp3) is 0.467. The number of hydrogen-bond donors (Lipinski definition) is 3. The number of piperidine rings is 1. The molecule has 3 aliphatic rings. The van der Waals surface area contributed by atoms with Crippen LogP contribution < -0.4 is 25.6 Å². The van der Waals surface area contributed by atoms with E-state index in [0.717, 1.165) is 49.5 Å². The summed E-state index contributed by atoms with van der Waals surface area (Å²) in [5, 5.41) is 9.81. The van der Waals surface area contributed by atoms with Crippen molar-refractivity contribution >= 4 is 17.5 Å². The predicted molar refractivity (Wildman–Crippen MR) is 149 cm³/mol. The van der Waals surface area contributed by atoms with Gasteiger partial charge in [-0.25, -0.2) is 0 Å². The molecule has 2 fully saturated rings. The molecule has 3 aliphatic heterocycles. The number of ether oxygens (including phenoxy) is 1. The number of rotatable bonds is 5. The SMILES string of the molecule is O=C(C[C@@H]1CCN2C[C@@H]1/C=C/COc1ccc(N3CCNCC3)cc1CNCC2=O)NCc1ccccc1. The van der Waals surface area contributed by atoms with Gasteiger partial charge in [0.2, 0.25) is 11.8 Å². The monoisotopic (exact) mass is 517 g/mol. The van der Waals surface area contributed by atoms with E-state index >= 15 is 0 Å². The molecule has 8 nitrogen and oxygen atoms in total. The average Bonchev–Trinajstić information content (AvgIpc) is 2.97. The number of nitrogens with one attached hydrogen (secondary N) is 3. The Kier molecular flexibility index (Phi) is 8.94. The summed E-state index contributed by atoms with van der Waals surface area (Å²) < 4.78 is 6.18. The Balaban J connectivity index is 1.24. The quantitative estimate of drug-likeness (QED) is 0.528. The summed E-state index contributed by atoms with van der Waals surface area (Å²) in [6, 6.07) is 16.3. The molecular formula is C30H39N5O3. The Morgan fingerprint density at radius 1 is 1.00 bits per heavy atom. The third-order valence-corrected chi connectivity index (χ3v) is 7.78. The van der Waals surface area contributed by atoms with E-state index in [1.165, 1.54) is 5.69 Å². The van der Waals surface area contributed by atoms with Crippen molar-refractivity contribution in [3.8, 4) is 5.75 Å². The number of nitrogens with zero attached hydrogens (tertiary/aromatic N) is 2. The number of benzene rings is 2. The largest absolute Gasteiger partial charge is 0.489 e. The van der Waals surface area contributed by atoms with Crippen LogP contribution >= 0.6 is 0 Å². The molecule has 2 aromatic carbocycles. The summed E-state index contributed by atoms with van der Waals surface area (Å²) in [6.07, 6.45) is 5.47. The zero-order valence-corrected chi connectivity index (χ0v) is 22.0. The smallest absolute Gasteiger partial charge is 0.236 e. The summed E-state index contributed by atoms with van der Waals surface area (Å²) in [4.78, 5) is 30.1. The molecule has 0 radical (unpaired) electrons. The number of amides is 2. The first-order valence-corrected chi connectivity index (χ1v) is 13.8. The molecule has 0 aromatic heterocycles. The zero-order chi connectivity index (χ0) is 26.2. The second-order valence-electron chi connectivity index (χ2n) is 10.4. The number of carbonyl (C=O) groups excluding carboxylic acids is 2. The lowest BCUT2D eigenvalue weighted by Crippen LogP contribution is -2.47. The van der Waals surface area contributed by atoms with Gasteiger partial charge in [0.25, 0.3) is 0 Å². The van der Waals surface area contributed by atoms with Gasteiger partial charge in [-0.2, -0.15) is 0 Å². The van der Waals surface area contributed by atoms with Crippen molar-refractivity contribution < 1.29 is 14.3 Å². The molecule has 8 heteroatoms. The van der Waals surface area contributed by atoms with Crippen LogP contribution in [0.15, 0.2) is 60.7 Å². The van der Waals surface area contributed by atoms with Gasteiger partial charge < -0.3 is 30.5 Å². The van der Waals surface area contributed by atoms with Crippen molar-refractivity contribution in [3.63, 3.8) is 0 Å². The lowest BCUT2D eigenvalue weighted by Gasteiger charge is -2.37. The van der Waals surface area contributed by atoms with Crippen LogP contribution in [0.3, 0.4) is 0 Å². The second kappa shape index (κ2) is 12.9. The van der Waals surface area contributed by atoms with Crippen LogP contribution in [0.1, 0.15) is 24.0 Å². The van der Waals surface area contributed by atoms with Crippen LogP contribution in [0.2, 0.25) is 0 Å². The molecule has 0 saturated carbocycles. The molecule has 202 valence electrons. The zero-order valence-electron chi connectivity index (χ0n) is 22.0. The third kappa shape index (κ3) is 6.94. The number of carbonyl (C=O) groups is 2. The van der Waals surface area contributed by atoms with Crippen molar-refractivity contribution in [1.82, 2.24) is 20.9 Å². The van der Waals surface area contributed by atoms with Crippen LogP contribution in [0.25, 0.3) is 0 Å². The summed E-state index contributed by atoms with van der Waals surface area (Å²) >= 11 is 0. The Morgan fingerprint density at radius 2 is 1.84 bits per heavy atom. The third-order valence-electron chi connectivity index (χ3n) is 7.78. The van der Waals surface area contributed by atoms with Crippen LogP contribution in [0.5, 0.6) is 5.75 Å². The number of fused-ring (bicyclic) bond motifs is 3. The van der Waals surface area contributed by atoms with E-state index in [0.29, 0.717) is 39.2 Å². The minimum atomic E-state index is 0.0575. The molecule has 2 bridgehead atoms. The second-order valence-corrected chi connectivity index (χ2v) is 10.4. The molecule has 38 heavy (non-hydrogen) atoms. The van der Waals surface area contributed by atoms with Gasteiger partial charge >= 0.3 is 0 Å². The highest BCUT2D eigenvalue weighted by molar-refractivity contribution is 5.79. The van der Waals surface area contributed by atoms with Gasteiger partial charge in [-0.05, 0) is 42.0 Å². The Labute approximate surface area is 225 Å². The molecule has 0 unspecified atom stereocenters. The van der Waals surface area contributed by atoms with Crippen molar-refractivity contribution in [1.29, 1.82) is 0 Å². The first-order chi connectivity index (χ1) is 18.7. The van der Waals surface area contributed by atoms with Gasteiger partial charge in [0, 0.05) is 70.0 Å². The highest BCUT2D eigenvalue weighted by Crippen LogP contribution is 2.29. The number of anilines is 1. The first-order valence-electron chi connectivity index (χ1n) is 13.8. The van der Waals surface area contributed by atoms with Gasteiger partial charge in [0.1, 0.15) is 12.4 Å². The summed E-state index contributed by atoms with van der Waals surface area (Å²) in [5.74, 6) is 1.32. The molecule has 3 N–H and O–H groups in total. The molecule has 2 aromatic rings. The maximum absolute atomic E-state index is 13.1. The minimum Gasteiger partial charge on any atom is -0.489 e. The van der Waals surface area contributed by atoms with Gasteiger partial charge in [-0.3, -0.25) is 9.59 Å². The molecule has 2 amide bonds. The molecule has 2 atom stereocenters. The van der Waals surface area contributed by atoms with Crippen molar-refractivity contribution in [2.75, 3.05) is 57.3 Å². The Hall–Kier alpha value is -3.36. The normalized spacial score (nSPS) is 23.2. The van der Waals surface area contributed by atoms with Gasteiger partial charge in [0.15, 0.2) is 0 Å². The molecule has 2 saturated heterocycles. The number of hydrogen-bond acceptors (Lipinski definition) is 6. The predicted octanol–water partition coefficient (Wildman–Crippen LogP) is 2.31. The summed E-state index contributed by atoms with van der Waals surface area (Å²) in [5.41, 5.74) is 3.34. The molecule has 3 heterocycles. The van der Waals surface area contributed by atoms with Gasteiger partial charge in [-0.1, -0.05) is 42.5 Å². The standard InChI is InChI=1S/C30H39N5O3/c36-29(33-19-23-5-2-1-3-6-23)18-24-10-13-35-22-25(24)7-4-16-38-28-9-8-27(34-14-11-31-12-15-34)17-26(28)20-32-21-30(35)37/h1-9,17,24-25,31-32H,10-16,18-22H2,(H,33,36)/b7-4+/t24-,25-/m0/s1. The van der Waals surface area contributed by atoms with Crippen LogP contribution in [0, 0.1) is 11.8 Å². The fourth-order valence-electron chi connectivity index (χ4n) is 5.58. The summed E-state index contributed by atoms with van der Waals surface area (Å²) in [6.45, 7) is 7.10. The molecule has 0 spiro atoms. The van der Waals surface area contributed by atoms with Gasteiger partial charge in [0.05, 0.1) is 6.54 Å². The van der Waals surface area contributed by atoms with E-state index in [1.54, 1.807) is 0 Å². The average molecular weight is 518 g/mol. The molecule has 5 rings (SSSR count). The van der Waals surface area contributed by atoms with Crippen molar-refractivity contribution in [3.05, 3.63) is 71.8 Å². The van der Waals surface area contributed by atoms with Gasteiger partial charge in [-0.15, -0.1) is 0 Å². The molecular weight excluding hydrogens is 478 g/mol. The first kappa shape index (κ1) is 26.3. The van der Waals surface area contributed by atoms with E-state index in [4.69, 9.17) is 4.74 Å². The van der Waals surface area contributed by atoms with E-state index in [2.05, 4.69) is 39.1 Å². The van der Waals surface area contributed by atoms with Crippen molar-refractivity contribution in [2.24, 2.45) is 11.8 Å². The lowest BCUT2D eigenvalue weighted by atomic mass is 9.82. The van der Waals surface area contributed by atoms with Crippen LogP contribution in [0.4, 0.5) is 5.69 Å². The fourth-order valence-corrected chi connectivity index (χ4v) is 5.58. The minimum absolute atomic E-state index is 0.0575. The van der Waals surface area contributed by atoms with Crippen molar-refractivity contribution in [2.45, 2.75) is 25.9 Å². The maximum Gasteiger partial charge on any atom is 0.236 e. The van der Waals surface area contributed by atoms with Crippen LogP contribution in [-0.2, 0) is 22.7 Å². The summed E-state index contributed by atoms with van der Waals surface area (Å²) in [7, 11) is 0. The van der Waals surface area contributed by atoms with E-state index in [1.807, 2.05) is 47.4 Å². The highest BCUT2D eigenvalue weighted by atomic mass is 16.5. The molecule has 0 aliphatic carbocycles. The lowest BCUT2D eigenvalue weighted by molar-refractivity contribution is -0.132. The Morgan fingerprint density at radius 3 is 2.68 bits per heavy atom. The Bertz CT molecular complexity index is 1120.